The van der Waals surface area contributed by atoms with E-state index in [1.54, 1.807) is 6.92 Å². The molecule has 0 saturated heterocycles. The fourth-order valence-corrected chi connectivity index (χ4v) is 4.71. The number of carbonyl (C=O) groups is 1. The molecule has 0 atom stereocenters. The molecule has 0 radical (unpaired) electrons. The highest BCUT2D eigenvalue weighted by atomic mass is 16.2. The predicted molar refractivity (Wildman–Crippen MR) is 97.4 cm³/mol. The molecule has 1 aliphatic carbocycles. The van der Waals surface area contributed by atoms with Gasteiger partial charge in [-0.25, -0.2) is 4.98 Å². The van der Waals surface area contributed by atoms with E-state index in [2.05, 4.69) is 21.6 Å². The fourth-order valence-electron chi connectivity index (χ4n) is 4.71. The second kappa shape index (κ2) is 5.84. The van der Waals surface area contributed by atoms with Crippen LogP contribution in [0.5, 0.6) is 0 Å². The van der Waals surface area contributed by atoms with Gasteiger partial charge in [0, 0.05) is 52.1 Å². The molecule has 0 bridgehead atoms. The predicted octanol–water partition coefficient (Wildman–Crippen LogP) is 2.35. The van der Waals surface area contributed by atoms with Gasteiger partial charge in [0.15, 0.2) is 0 Å². The van der Waals surface area contributed by atoms with Gasteiger partial charge in [0.25, 0.3) is 0 Å². The normalized spacial score (nSPS) is 21.6. The molecule has 3 heterocycles. The molecule has 1 aromatic carbocycles. The van der Waals surface area contributed by atoms with Crippen LogP contribution in [0.15, 0.2) is 12.1 Å². The first-order valence-corrected chi connectivity index (χ1v) is 9.70. The zero-order valence-corrected chi connectivity index (χ0v) is 15.0. The summed E-state index contributed by atoms with van der Waals surface area (Å²) in [4.78, 5) is 21.4. The van der Waals surface area contributed by atoms with Gasteiger partial charge in [0.2, 0.25) is 5.91 Å². The van der Waals surface area contributed by atoms with Gasteiger partial charge in [-0.05, 0) is 36.5 Å². The minimum Gasteiger partial charge on any atom is -0.338 e. The van der Waals surface area contributed by atoms with Crippen LogP contribution in [0.1, 0.15) is 43.1 Å². The van der Waals surface area contributed by atoms with Crippen molar-refractivity contribution < 1.29 is 4.79 Å². The van der Waals surface area contributed by atoms with E-state index < -0.39 is 0 Å². The van der Waals surface area contributed by atoms with Crippen molar-refractivity contribution in [2.45, 2.75) is 58.2 Å². The quantitative estimate of drug-likeness (QED) is 0.801. The molecule has 25 heavy (non-hydrogen) atoms. The third-order valence-electron chi connectivity index (χ3n) is 6.46. The number of hydrogen-bond donors (Lipinski definition) is 0. The second-order valence-corrected chi connectivity index (χ2v) is 7.81. The van der Waals surface area contributed by atoms with Crippen molar-refractivity contribution in [1.29, 1.82) is 0 Å². The zero-order valence-electron chi connectivity index (χ0n) is 15.0. The first-order valence-electron chi connectivity index (χ1n) is 9.70. The Hall–Kier alpha value is -1.88. The van der Waals surface area contributed by atoms with Crippen LogP contribution in [0.2, 0.25) is 0 Å². The lowest BCUT2D eigenvalue weighted by molar-refractivity contribution is -0.129. The standard InChI is InChI=1S/C20H26N4O/c1-14(25)23-9-7-17-15(13-23)5-6-18-20(17)21-19-8-10-22(11-12-24(18)19)16-3-2-4-16/h5-6,16H,2-4,7-13H2,1H3. The second-order valence-electron chi connectivity index (χ2n) is 7.81. The maximum atomic E-state index is 11.7. The van der Waals surface area contributed by atoms with Crippen molar-refractivity contribution in [2.24, 2.45) is 0 Å². The van der Waals surface area contributed by atoms with Crippen LogP contribution in [0, 0.1) is 0 Å². The SMILES string of the molecule is CC(=O)N1CCc2c(ccc3c2nc2n3CCN(C3CCC3)CC2)C1. The smallest absolute Gasteiger partial charge is 0.219 e. The molecule has 1 amide bonds. The van der Waals surface area contributed by atoms with Crippen LogP contribution < -0.4 is 0 Å². The van der Waals surface area contributed by atoms with E-state index in [0.717, 1.165) is 51.6 Å². The largest absolute Gasteiger partial charge is 0.338 e. The van der Waals surface area contributed by atoms with Crippen LogP contribution >= 0.6 is 0 Å². The van der Waals surface area contributed by atoms with E-state index in [1.807, 2.05) is 4.90 Å². The maximum absolute atomic E-state index is 11.7. The number of fused-ring (bicyclic) bond motifs is 5. The molecular weight excluding hydrogens is 312 g/mol. The highest BCUT2D eigenvalue weighted by molar-refractivity contribution is 5.82. The zero-order chi connectivity index (χ0) is 17.0. The Bertz CT molecular complexity index is 836. The highest BCUT2D eigenvalue weighted by Gasteiger charge is 2.28. The number of nitrogens with zero attached hydrogens (tertiary/aromatic N) is 4. The molecule has 5 heteroatoms. The molecule has 3 aliphatic rings. The number of imidazole rings is 1. The summed E-state index contributed by atoms with van der Waals surface area (Å²) in [5, 5.41) is 0. The summed E-state index contributed by atoms with van der Waals surface area (Å²) in [5.74, 6) is 1.42. The van der Waals surface area contributed by atoms with E-state index in [4.69, 9.17) is 4.98 Å². The van der Waals surface area contributed by atoms with Gasteiger partial charge in [0.05, 0.1) is 11.0 Å². The van der Waals surface area contributed by atoms with E-state index in [-0.39, 0.29) is 5.91 Å². The summed E-state index contributed by atoms with van der Waals surface area (Å²) < 4.78 is 2.45. The monoisotopic (exact) mass is 338 g/mol. The summed E-state index contributed by atoms with van der Waals surface area (Å²) in [7, 11) is 0. The Morgan fingerprint density at radius 2 is 2.00 bits per heavy atom. The molecule has 1 fully saturated rings. The number of rotatable bonds is 1. The number of amides is 1. The fraction of sp³-hybridized carbons (Fsp3) is 0.600. The van der Waals surface area contributed by atoms with Crippen LogP contribution in [-0.2, 0) is 30.7 Å². The average Bonchev–Trinajstić information content (AvgIpc) is 2.81. The van der Waals surface area contributed by atoms with Crippen molar-refractivity contribution in [3.63, 3.8) is 0 Å². The van der Waals surface area contributed by atoms with Crippen LogP contribution in [0.3, 0.4) is 0 Å². The lowest BCUT2D eigenvalue weighted by atomic mass is 9.91. The van der Waals surface area contributed by atoms with Gasteiger partial charge in [-0.15, -0.1) is 0 Å². The van der Waals surface area contributed by atoms with E-state index >= 15 is 0 Å². The van der Waals surface area contributed by atoms with E-state index in [1.165, 1.54) is 47.2 Å². The topological polar surface area (TPSA) is 41.4 Å². The summed E-state index contributed by atoms with van der Waals surface area (Å²) in [6.45, 7) is 6.57. The van der Waals surface area contributed by atoms with Gasteiger partial charge in [-0.1, -0.05) is 12.5 Å². The molecule has 5 rings (SSSR count). The van der Waals surface area contributed by atoms with Crippen molar-refractivity contribution in [2.75, 3.05) is 19.6 Å². The molecule has 1 saturated carbocycles. The molecule has 0 spiro atoms. The third kappa shape index (κ3) is 2.48. The van der Waals surface area contributed by atoms with Gasteiger partial charge in [-0.2, -0.15) is 0 Å². The molecule has 2 aromatic rings. The third-order valence-corrected chi connectivity index (χ3v) is 6.46. The summed E-state index contributed by atoms with van der Waals surface area (Å²) in [5.41, 5.74) is 5.12. The van der Waals surface area contributed by atoms with Gasteiger partial charge >= 0.3 is 0 Å². The molecule has 5 nitrogen and oxygen atoms in total. The Morgan fingerprint density at radius 1 is 1.12 bits per heavy atom. The van der Waals surface area contributed by atoms with Crippen molar-refractivity contribution in [3.05, 3.63) is 29.1 Å². The van der Waals surface area contributed by atoms with E-state index in [0.29, 0.717) is 0 Å². The lowest BCUT2D eigenvalue weighted by Gasteiger charge is -2.36. The average molecular weight is 338 g/mol. The lowest BCUT2D eigenvalue weighted by Crippen LogP contribution is -2.41. The number of aromatic nitrogens is 2. The number of benzene rings is 1. The molecule has 1 aromatic heterocycles. The molecule has 2 aliphatic heterocycles. The summed E-state index contributed by atoms with van der Waals surface area (Å²) in [6, 6.07) is 5.27. The molecule has 0 unspecified atom stereocenters. The van der Waals surface area contributed by atoms with E-state index in [9.17, 15) is 4.79 Å². The molecule has 132 valence electrons. The minimum atomic E-state index is 0.169. The summed E-state index contributed by atoms with van der Waals surface area (Å²) >= 11 is 0. The number of carbonyl (C=O) groups excluding carboxylic acids is 1. The van der Waals surface area contributed by atoms with Crippen molar-refractivity contribution in [3.8, 4) is 0 Å². The maximum Gasteiger partial charge on any atom is 0.219 e. The number of hydrogen-bond acceptors (Lipinski definition) is 3. The van der Waals surface area contributed by atoms with Crippen LogP contribution in [-0.4, -0.2) is 50.9 Å². The first-order chi connectivity index (χ1) is 12.2. The van der Waals surface area contributed by atoms with Gasteiger partial charge in [0.1, 0.15) is 5.82 Å². The van der Waals surface area contributed by atoms with Crippen LogP contribution in [0.4, 0.5) is 0 Å². The van der Waals surface area contributed by atoms with Gasteiger partial charge in [-0.3, -0.25) is 9.69 Å². The molecular formula is C20H26N4O. The highest BCUT2D eigenvalue weighted by Crippen LogP contribution is 2.30. The molecule has 0 N–H and O–H groups in total. The first kappa shape index (κ1) is 15.4. The Kier molecular flexibility index (Phi) is 3.59. The Morgan fingerprint density at radius 3 is 2.76 bits per heavy atom. The summed E-state index contributed by atoms with van der Waals surface area (Å²) in [6.07, 6.45) is 6.14. The Labute approximate surface area is 148 Å². The van der Waals surface area contributed by atoms with Crippen molar-refractivity contribution in [1.82, 2.24) is 19.4 Å². The van der Waals surface area contributed by atoms with Crippen molar-refractivity contribution >= 4 is 16.9 Å². The minimum absolute atomic E-state index is 0.169. The van der Waals surface area contributed by atoms with Crippen LogP contribution in [0.25, 0.3) is 11.0 Å². The van der Waals surface area contributed by atoms with Gasteiger partial charge < -0.3 is 9.47 Å². The Balaban J connectivity index is 1.47.